The molecule has 2 heterocycles. The molecular formula is C17H21FN2O3. The van der Waals surface area contributed by atoms with E-state index in [1.807, 2.05) is 0 Å². The normalized spacial score (nSPS) is 26.1. The Morgan fingerprint density at radius 2 is 2.09 bits per heavy atom. The highest BCUT2D eigenvalue weighted by molar-refractivity contribution is 6.22. The van der Waals surface area contributed by atoms with Crippen LogP contribution in [0.3, 0.4) is 0 Å². The number of imide groups is 1. The third-order valence-corrected chi connectivity index (χ3v) is 4.72. The van der Waals surface area contributed by atoms with Crippen LogP contribution in [0, 0.1) is 5.82 Å². The number of hydrogen-bond donors (Lipinski definition) is 1. The lowest BCUT2D eigenvalue weighted by Gasteiger charge is -2.38. The number of hydrogen-bond acceptors (Lipinski definition) is 4. The summed E-state index contributed by atoms with van der Waals surface area (Å²) in [5.41, 5.74) is 0.290. The maximum absolute atomic E-state index is 13.4. The second kappa shape index (κ2) is 6.76. The smallest absolute Gasteiger partial charge is 0.251 e. The number of benzene rings is 1. The quantitative estimate of drug-likeness (QED) is 0.858. The number of aliphatic hydroxyl groups excluding tert-OH is 1. The minimum Gasteiger partial charge on any atom is -0.396 e. The number of nitrogens with zero attached hydrogens (tertiary/aromatic N) is 2. The molecule has 0 aromatic heterocycles. The van der Waals surface area contributed by atoms with Crippen molar-refractivity contribution in [1.82, 2.24) is 4.90 Å². The molecule has 0 spiro atoms. The highest BCUT2D eigenvalue weighted by Gasteiger charge is 2.44. The summed E-state index contributed by atoms with van der Waals surface area (Å²) in [5.74, 6) is -1.05. The molecule has 0 unspecified atom stereocenters. The van der Waals surface area contributed by atoms with Gasteiger partial charge in [0.25, 0.3) is 5.91 Å². The lowest BCUT2D eigenvalue weighted by Crippen LogP contribution is -2.50. The van der Waals surface area contributed by atoms with Crippen LogP contribution in [-0.2, 0) is 9.59 Å². The summed E-state index contributed by atoms with van der Waals surface area (Å²) >= 11 is 0. The van der Waals surface area contributed by atoms with E-state index in [9.17, 15) is 19.1 Å². The zero-order valence-electron chi connectivity index (χ0n) is 12.9. The largest absolute Gasteiger partial charge is 0.396 e. The van der Waals surface area contributed by atoms with Crippen molar-refractivity contribution in [2.45, 2.75) is 44.2 Å². The minimum atomic E-state index is -0.498. The van der Waals surface area contributed by atoms with Crippen molar-refractivity contribution in [1.29, 1.82) is 0 Å². The van der Waals surface area contributed by atoms with Gasteiger partial charge in [0, 0.05) is 12.6 Å². The van der Waals surface area contributed by atoms with Crippen LogP contribution in [0.5, 0.6) is 0 Å². The summed E-state index contributed by atoms with van der Waals surface area (Å²) in [6, 6.07) is 5.19. The maximum atomic E-state index is 13.4. The summed E-state index contributed by atoms with van der Waals surface area (Å²) in [6.45, 7) is 0.828. The van der Waals surface area contributed by atoms with Gasteiger partial charge in [-0.15, -0.1) is 0 Å². The van der Waals surface area contributed by atoms with Crippen LogP contribution in [0.1, 0.15) is 32.1 Å². The van der Waals surface area contributed by atoms with Crippen molar-refractivity contribution in [2.75, 3.05) is 18.1 Å². The predicted molar refractivity (Wildman–Crippen MR) is 83.3 cm³/mol. The number of piperidine rings is 1. The van der Waals surface area contributed by atoms with E-state index in [1.54, 1.807) is 6.07 Å². The van der Waals surface area contributed by atoms with Crippen LogP contribution < -0.4 is 4.90 Å². The maximum Gasteiger partial charge on any atom is 0.251 e. The van der Waals surface area contributed by atoms with Crippen molar-refractivity contribution in [3.05, 3.63) is 30.1 Å². The molecule has 5 nitrogen and oxygen atoms in total. The van der Waals surface area contributed by atoms with E-state index in [1.165, 1.54) is 18.2 Å². The molecule has 2 aliphatic heterocycles. The molecule has 1 aromatic carbocycles. The molecule has 23 heavy (non-hydrogen) atoms. The van der Waals surface area contributed by atoms with Crippen LogP contribution in [0.15, 0.2) is 24.3 Å². The van der Waals surface area contributed by atoms with Gasteiger partial charge in [-0.2, -0.15) is 0 Å². The highest BCUT2D eigenvalue weighted by Crippen LogP contribution is 2.30. The van der Waals surface area contributed by atoms with Gasteiger partial charge in [-0.05, 0) is 44.0 Å². The second-order valence-electron chi connectivity index (χ2n) is 6.17. The molecule has 3 rings (SSSR count). The fraction of sp³-hybridized carbons (Fsp3) is 0.529. The Bertz CT molecular complexity index is 605. The Balaban J connectivity index is 1.83. The van der Waals surface area contributed by atoms with E-state index in [4.69, 9.17) is 0 Å². The third-order valence-electron chi connectivity index (χ3n) is 4.72. The fourth-order valence-corrected chi connectivity index (χ4v) is 3.65. The number of rotatable bonds is 4. The molecule has 2 aliphatic rings. The number of aliphatic hydroxyl groups is 1. The molecule has 2 fully saturated rings. The van der Waals surface area contributed by atoms with Crippen LogP contribution >= 0.6 is 0 Å². The van der Waals surface area contributed by atoms with Crippen molar-refractivity contribution in [3.8, 4) is 0 Å². The molecule has 0 bridgehead atoms. The summed E-state index contributed by atoms with van der Waals surface area (Å²) in [4.78, 5) is 28.2. The van der Waals surface area contributed by atoms with Gasteiger partial charge in [-0.25, -0.2) is 9.29 Å². The summed E-state index contributed by atoms with van der Waals surface area (Å²) in [6.07, 6.45) is 3.72. The average molecular weight is 320 g/mol. The molecule has 0 aliphatic carbocycles. The standard InChI is InChI=1S/C17H21FN2O3/c18-12-4-3-6-14(10-12)20-16(22)11-15(17(20)23)19-8-2-1-5-13(19)7-9-21/h3-4,6,10,13,15,21H,1-2,5,7-9,11H2/t13-,15-/m0/s1. The molecule has 124 valence electrons. The Morgan fingerprint density at radius 1 is 1.26 bits per heavy atom. The summed E-state index contributed by atoms with van der Waals surface area (Å²) in [5, 5.41) is 9.23. The Kier molecular flexibility index (Phi) is 4.73. The van der Waals surface area contributed by atoms with Gasteiger partial charge in [-0.3, -0.25) is 14.5 Å². The first-order valence-corrected chi connectivity index (χ1v) is 8.11. The van der Waals surface area contributed by atoms with E-state index in [-0.39, 0.29) is 30.9 Å². The number of amides is 2. The SMILES string of the molecule is O=C1C[C@H](N2CCCC[C@H]2CCO)C(=O)N1c1cccc(F)c1. The van der Waals surface area contributed by atoms with Crippen LogP contribution in [-0.4, -0.2) is 47.1 Å². The van der Waals surface area contributed by atoms with Crippen molar-refractivity contribution in [2.24, 2.45) is 0 Å². The monoisotopic (exact) mass is 320 g/mol. The second-order valence-corrected chi connectivity index (χ2v) is 6.17. The van der Waals surface area contributed by atoms with Gasteiger partial charge in [0.05, 0.1) is 18.2 Å². The first-order valence-electron chi connectivity index (χ1n) is 8.11. The number of likely N-dealkylation sites (tertiary alicyclic amines) is 1. The lowest BCUT2D eigenvalue weighted by atomic mass is 9.97. The zero-order chi connectivity index (χ0) is 16.4. The van der Waals surface area contributed by atoms with E-state index < -0.39 is 11.9 Å². The van der Waals surface area contributed by atoms with Crippen molar-refractivity contribution >= 4 is 17.5 Å². The molecule has 6 heteroatoms. The fourth-order valence-electron chi connectivity index (χ4n) is 3.65. The van der Waals surface area contributed by atoms with Gasteiger partial charge < -0.3 is 5.11 Å². The first kappa shape index (κ1) is 16.1. The topological polar surface area (TPSA) is 60.9 Å². The van der Waals surface area contributed by atoms with Crippen LogP contribution in [0.2, 0.25) is 0 Å². The Labute approximate surface area is 134 Å². The van der Waals surface area contributed by atoms with Gasteiger partial charge in [-0.1, -0.05) is 12.5 Å². The van der Waals surface area contributed by atoms with Crippen LogP contribution in [0.4, 0.5) is 10.1 Å². The lowest BCUT2D eigenvalue weighted by molar-refractivity contribution is -0.123. The van der Waals surface area contributed by atoms with Gasteiger partial charge in [0.1, 0.15) is 5.82 Å². The van der Waals surface area contributed by atoms with Crippen LogP contribution in [0.25, 0.3) is 0 Å². The number of halogens is 1. The predicted octanol–water partition coefficient (Wildman–Crippen LogP) is 1.69. The zero-order valence-corrected chi connectivity index (χ0v) is 12.9. The summed E-state index contributed by atoms with van der Waals surface area (Å²) in [7, 11) is 0. The molecule has 0 radical (unpaired) electrons. The van der Waals surface area contributed by atoms with E-state index in [0.29, 0.717) is 12.1 Å². The molecule has 2 saturated heterocycles. The van der Waals surface area contributed by atoms with E-state index in [0.717, 1.165) is 30.7 Å². The number of carbonyl (C=O) groups is 2. The molecular weight excluding hydrogens is 299 g/mol. The summed E-state index contributed by atoms with van der Waals surface area (Å²) < 4.78 is 13.4. The van der Waals surface area contributed by atoms with E-state index >= 15 is 0 Å². The third kappa shape index (κ3) is 3.14. The van der Waals surface area contributed by atoms with Gasteiger partial charge >= 0.3 is 0 Å². The van der Waals surface area contributed by atoms with Gasteiger partial charge in [0.15, 0.2) is 0 Å². The van der Waals surface area contributed by atoms with E-state index in [2.05, 4.69) is 4.90 Å². The molecule has 2 amide bonds. The van der Waals surface area contributed by atoms with Crippen molar-refractivity contribution < 1.29 is 19.1 Å². The molecule has 0 saturated carbocycles. The number of anilines is 1. The Hall–Kier alpha value is -1.79. The Morgan fingerprint density at radius 3 is 2.83 bits per heavy atom. The highest BCUT2D eigenvalue weighted by atomic mass is 19.1. The first-order chi connectivity index (χ1) is 11.1. The molecule has 1 N–H and O–H groups in total. The average Bonchev–Trinajstić information content (AvgIpc) is 2.83. The number of carbonyl (C=O) groups excluding carboxylic acids is 2. The van der Waals surface area contributed by atoms with Crippen molar-refractivity contribution in [3.63, 3.8) is 0 Å². The molecule has 2 atom stereocenters. The molecule has 1 aromatic rings. The van der Waals surface area contributed by atoms with Gasteiger partial charge in [0.2, 0.25) is 5.91 Å². The minimum absolute atomic E-state index is 0.0730.